The second-order valence-electron chi connectivity index (χ2n) is 4.08. The first-order valence-corrected chi connectivity index (χ1v) is 5.41. The first-order chi connectivity index (χ1) is 8.04. The summed E-state index contributed by atoms with van der Waals surface area (Å²) in [5, 5.41) is 0. The van der Waals surface area contributed by atoms with E-state index in [1.165, 1.54) is 0 Å². The van der Waals surface area contributed by atoms with E-state index in [1.807, 2.05) is 39.0 Å². The molecular weight excluding hydrogens is 214 g/mol. The van der Waals surface area contributed by atoms with Crippen LogP contribution in [0.1, 0.15) is 16.8 Å². The van der Waals surface area contributed by atoms with Crippen LogP contribution in [0.4, 0.5) is 5.95 Å². The number of nitrogen functional groups attached to an aromatic ring is 1. The summed E-state index contributed by atoms with van der Waals surface area (Å²) in [4.78, 5) is 8.05. The lowest BCUT2D eigenvalue weighted by atomic mass is 10.1. The van der Waals surface area contributed by atoms with Crippen molar-refractivity contribution in [3.63, 3.8) is 0 Å². The number of rotatable bonds is 2. The molecular formula is C13H15N3O. The molecule has 0 spiro atoms. The first-order valence-electron chi connectivity index (χ1n) is 5.41. The predicted molar refractivity (Wildman–Crippen MR) is 67.2 cm³/mol. The van der Waals surface area contributed by atoms with Crippen molar-refractivity contribution in [1.29, 1.82) is 0 Å². The minimum absolute atomic E-state index is 0.227. The van der Waals surface area contributed by atoms with Crippen LogP contribution in [0.2, 0.25) is 0 Å². The maximum Gasteiger partial charge on any atom is 0.224 e. The summed E-state index contributed by atoms with van der Waals surface area (Å²) >= 11 is 0. The Balaban J connectivity index is 2.34. The zero-order chi connectivity index (χ0) is 12.4. The summed E-state index contributed by atoms with van der Waals surface area (Å²) in [6.07, 6.45) is 0. The van der Waals surface area contributed by atoms with Crippen molar-refractivity contribution in [1.82, 2.24) is 9.97 Å². The number of ether oxygens (including phenoxy) is 1. The Morgan fingerprint density at radius 2 is 1.82 bits per heavy atom. The molecule has 0 atom stereocenters. The molecule has 1 heterocycles. The van der Waals surface area contributed by atoms with Crippen LogP contribution in [0.15, 0.2) is 24.3 Å². The number of aromatic nitrogens is 2. The molecule has 88 valence electrons. The lowest BCUT2D eigenvalue weighted by Gasteiger charge is -2.09. The number of nitrogens with zero attached hydrogens (tertiary/aromatic N) is 2. The lowest BCUT2D eigenvalue weighted by Crippen LogP contribution is -1.99. The van der Waals surface area contributed by atoms with Crippen LogP contribution >= 0.6 is 0 Å². The summed E-state index contributed by atoms with van der Waals surface area (Å²) < 4.78 is 5.72. The Kier molecular flexibility index (Phi) is 2.95. The summed E-state index contributed by atoms with van der Waals surface area (Å²) in [5.41, 5.74) is 8.57. The van der Waals surface area contributed by atoms with Gasteiger partial charge in [-0.15, -0.1) is 0 Å². The average Bonchev–Trinajstić information content (AvgIpc) is 2.22. The normalized spacial score (nSPS) is 10.3. The van der Waals surface area contributed by atoms with Gasteiger partial charge in [0.1, 0.15) is 5.75 Å². The molecule has 2 aromatic rings. The second kappa shape index (κ2) is 4.41. The summed E-state index contributed by atoms with van der Waals surface area (Å²) in [6.45, 7) is 5.87. The average molecular weight is 229 g/mol. The van der Waals surface area contributed by atoms with Crippen molar-refractivity contribution < 1.29 is 4.74 Å². The van der Waals surface area contributed by atoms with Crippen molar-refractivity contribution >= 4 is 5.95 Å². The van der Waals surface area contributed by atoms with Gasteiger partial charge in [0.2, 0.25) is 11.8 Å². The molecule has 0 fully saturated rings. The van der Waals surface area contributed by atoms with Crippen molar-refractivity contribution in [2.75, 3.05) is 5.73 Å². The van der Waals surface area contributed by atoms with E-state index in [0.717, 1.165) is 22.6 Å². The fourth-order valence-corrected chi connectivity index (χ4v) is 1.54. The summed E-state index contributed by atoms with van der Waals surface area (Å²) in [7, 11) is 0. The van der Waals surface area contributed by atoms with Crippen LogP contribution in [-0.2, 0) is 0 Å². The molecule has 0 aliphatic rings. The molecule has 0 bridgehead atoms. The van der Waals surface area contributed by atoms with E-state index < -0.39 is 0 Å². The highest BCUT2D eigenvalue weighted by Gasteiger charge is 2.05. The fourth-order valence-electron chi connectivity index (χ4n) is 1.54. The standard InChI is InChI=1S/C13H15N3O/c1-8-4-5-9(2)11(6-8)17-12-7-10(3)15-13(14)16-12/h4-7H,1-3H3,(H2,14,15,16). The molecule has 0 aliphatic carbocycles. The number of anilines is 1. The minimum atomic E-state index is 0.227. The van der Waals surface area contributed by atoms with Crippen LogP contribution in [-0.4, -0.2) is 9.97 Å². The topological polar surface area (TPSA) is 61.0 Å². The zero-order valence-corrected chi connectivity index (χ0v) is 10.2. The third-order valence-corrected chi connectivity index (χ3v) is 2.41. The maximum absolute atomic E-state index is 5.72. The van der Waals surface area contributed by atoms with E-state index in [2.05, 4.69) is 9.97 Å². The molecule has 1 aromatic carbocycles. The summed E-state index contributed by atoms with van der Waals surface area (Å²) in [5.74, 6) is 1.50. The summed E-state index contributed by atoms with van der Waals surface area (Å²) in [6, 6.07) is 7.80. The molecule has 0 aliphatic heterocycles. The van der Waals surface area contributed by atoms with Crippen LogP contribution in [0.25, 0.3) is 0 Å². The SMILES string of the molecule is Cc1ccc(C)c(Oc2cc(C)nc(N)n2)c1. The Morgan fingerprint density at radius 3 is 2.53 bits per heavy atom. The van der Waals surface area contributed by atoms with Crippen LogP contribution in [0.5, 0.6) is 11.6 Å². The van der Waals surface area contributed by atoms with Gasteiger partial charge in [0.15, 0.2) is 0 Å². The van der Waals surface area contributed by atoms with E-state index in [4.69, 9.17) is 10.5 Å². The Labute approximate surface area is 100 Å². The van der Waals surface area contributed by atoms with E-state index in [-0.39, 0.29) is 5.95 Å². The number of hydrogen-bond acceptors (Lipinski definition) is 4. The van der Waals surface area contributed by atoms with Crippen LogP contribution in [0, 0.1) is 20.8 Å². The molecule has 4 nitrogen and oxygen atoms in total. The van der Waals surface area contributed by atoms with E-state index >= 15 is 0 Å². The van der Waals surface area contributed by atoms with Gasteiger partial charge in [0.05, 0.1) is 0 Å². The van der Waals surface area contributed by atoms with Gasteiger partial charge < -0.3 is 10.5 Å². The zero-order valence-electron chi connectivity index (χ0n) is 10.2. The third kappa shape index (κ3) is 2.72. The lowest BCUT2D eigenvalue weighted by molar-refractivity contribution is 0.458. The molecule has 0 amide bonds. The van der Waals surface area contributed by atoms with E-state index in [0.29, 0.717) is 5.88 Å². The van der Waals surface area contributed by atoms with Gasteiger partial charge in [-0.25, -0.2) is 4.98 Å². The number of nitrogens with two attached hydrogens (primary N) is 1. The van der Waals surface area contributed by atoms with Gasteiger partial charge in [0, 0.05) is 11.8 Å². The van der Waals surface area contributed by atoms with Crippen molar-refractivity contribution in [3.8, 4) is 11.6 Å². The van der Waals surface area contributed by atoms with Crippen molar-refractivity contribution in [3.05, 3.63) is 41.1 Å². The minimum Gasteiger partial charge on any atom is -0.439 e. The highest BCUT2D eigenvalue weighted by molar-refractivity contribution is 5.39. The Morgan fingerprint density at radius 1 is 1.06 bits per heavy atom. The highest BCUT2D eigenvalue weighted by atomic mass is 16.5. The molecule has 0 radical (unpaired) electrons. The molecule has 17 heavy (non-hydrogen) atoms. The van der Waals surface area contributed by atoms with Gasteiger partial charge >= 0.3 is 0 Å². The molecule has 2 N–H and O–H groups in total. The molecule has 0 saturated carbocycles. The quantitative estimate of drug-likeness (QED) is 0.860. The highest BCUT2D eigenvalue weighted by Crippen LogP contribution is 2.25. The largest absolute Gasteiger partial charge is 0.439 e. The molecule has 4 heteroatoms. The number of benzene rings is 1. The maximum atomic E-state index is 5.72. The number of hydrogen-bond donors (Lipinski definition) is 1. The Bertz CT molecular complexity index is 532. The van der Waals surface area contributed by atoms with Crippen molar-refractivity contribution in [2.24, 2.45) is 0 Å². The Hall–Kier alpha value is -2.10. The van der Waals surface area contributed by atoms with Gasteiger partial charge in [0.25, 0.3) is 0 Å². The van der Waals surface area contributed by atoms with Crippen molar-refractivity contribution in [2.45, 2.75) is 20.8 Å². The van der Waals surface area contributed by atoms with Gasteiger partial charge in [-0.1, -0.05) is 12.1 Å². The molecule has 0 saturated heterocycles. The molecule has 0 unspecified atom stereocenters. The second-order valence-corrected chi connectivity index (χ2v) is 4.08. The molecule has 1 aromatic heterocycles. The number of aryl methyl sites for hydroxylation is 3. The monoisotopic (exact) mass is 229 g/mol. The van der Waals surface area contributed by atoms with Crippen LogP contribution in [0.3, 0.4) is 0 Å². The fraction of sp³-hybridized carbons (Fsp3) is 0.231. The molecule has 2 rings (SSSR count). The van der Waals surface area contributed by atoms with E-state index in [9.17, 15) is 0 Å². The van der Waals surface area contributed by atoms with Gasteiger partial charge in [-0.2, -0.15) is 4.98 Å². The predicted octanol–water partition coefficient (Wildman–Crippen LogP) is 2.78. The first kappa shape index (κ1) is 11.4. The van der Waals surface area contributed by atoms with Crippen LogP contribution < -0.4 is 10.5 Å². The van der Waals surface area contributed by atoms with Gasteiger partial charge in [-0.05, 0) is 38.0 Å². The van der Waals surface area contributed by atoms with E-state index in [1.54, 1.807) is 6.07 Å². The van der Waals surface area contributed by atoms with Gasteiger partial charge in [-0.3, -0.25) is 0 Å². The smallest absolute Gasteiger partial charge is 0.224 e. The third-order valence-electron chi connectivity index (χ3n) is 2.41.